The number of hydrogen-bond acceptors (Lipinski definition) is 5. The summed E-state index contributed by atoms with van der Waals surface area (Å²) in [6.07, 6.45) is 3.01. The Morgan fingerprint density at radius 3 is 2.10 bits per heavy atom. The topological polar surface area (TPSA) is 147 Å². The molecule has 0 fully saturated rings. The number of nitrogens with one attached hydrogen (secondary N) is 1. The summed E-state index contributed by atoms with van der Waals surface area (Å²) in [4.78, 5) is 37.9. The van der Waals surface area contributed by atoms with Gasteiger partial charge in [-0.15, -0.1) is 0 Å². The SMILES string of the molecule is CC(C)CC(=O)C(C)[C@@H](CCCCC(=N)N)C(=O)C[C@@H](Cc1ccc(O)cc1)C(N)=O. The number of ketones is 2. The van der Waals surface area contributed by atoms with Gasteiger partial charge in [0.2, 0.25) is 5.91 Å². The Balaban J connectivity index is 2.92. The van der Waals surface area contributed by atoms with Crippen molar-refractivity contribution < 1.29 is 19.5 Å². The van der Waals surface area contributed by atoms with Crippen LogP contribution in [-0.2, 0) is 20.8 Å². The first kappa shape index (κ1) is 26.3. The molecular weight excluding hydrogens is 394 g/mol. The molecule has 172 valence electrons. The van der Waals surface area contributed by atoms with Crippen molar-refractivity contribution in [1.82, 2.24) is 0 Å². The number of phenolic OH excluding ortho intramolecular Hbond substituents is 1. The molecule has 0 saturated carbocycles. The number of carbonyl (C=O) groups is 3. The van der Waals surface area contributed by atoms with Crippen LogP contribution in [0.2, 0.25) is 0 Å². The molecule has 3 atom stereocenters. The van der Waals surface area contributed by atoms with Gasteiger partial charge in [0.15, 0.2) is 0 Å². The number of carbonyl (C=O) groups excluding carboxylic acids is 3. The highest BCUT2D eigenvalue weighted by Gasteiger charge is 2.32. The highest BCUT2D eigenvalue weighted by Crippen LogP contribution is 2.27. The number of phenols is 1. The van der Waals surface area contributed by atoms with Crippen LogP contribution in [0.15, 0.2) is 24.3 Å². The van der Waals surface area contributed by atoms with Crippen molar-refractivity contribution >= 4 is 23.3 Å². The van der Waals surface area contributed by atoms with Crippen molar-refractivity contribution in [3.05, 3.63) is 29.8 Å². The second-order valence-corrected chi connectivity index (χ2v) is 8.87. The van der Waals surface area contributed by atoms with E-state index in [9.17, 15) is 19.5 Å². The van der Waals surface area contributed by atoms with Crippen LogP contribution in [-0.4, -0.2) is 28.4 Å². The van der Waals surface area contributed by atoms with Crippen LogP contribution in [0.25, 0.3) is 0 Å². The molecule has 0 aliphatic carbocycles. The normalized spacial score (nSPS) is 14.1. The summed E-state index contributed by atoms with van der Waals surface area (Å²) in [6.45, 7) is 5.72. The van der Waals surface area contributed by atoms with Crippen molar-refractivity contribution in [2.45, 2.75) is 65.7 Å². The monoisotopic (exact) mass is 431 g/mol. The third kappa shape index (κ3) is 9.77. The van der Waals surface area contributed by atoms with Gasteiger partial charge in [0.1, 0.15) is 17.3 Å². The van der Waals surface area contributed by atoms with E-state index in [1.807, 2.05) is 13.8 Å². The zero-order chi connectivity index (χ0) is 23.6. The Morgan fingerprint density at radius 1 is 0.968 bits per heavy atom. The lowest BCUT2D eigenvalue weighted by molar-refractivity contribution is -0.134. The first-order valence-electron chi connectivity index (χ1n) is 11.0. The Kier molecular flexibility index (Phi) is 10.9. The lowest BCUT2D eigenvalue weighted by Crippen LogP contribution is -2.33. The summed E-state index contributed by atoms with van der Waals surface area (Å²) in [5.41, 5.74) is 11.8. The molecule has 1 amide bonds. The maximum atomic E-state index is 13.2. The molecule has 0 heterocycles. The molecule has 1 aromatic rings. The molecule has 0 saturated heterocycles. The first-order valence-corrected chi connectivity index (χ1v) is 11.0. The smallest absolute Gasteiger partial charge is 0.221 e. The van der Waals surface area contributed by atoms with Crippen LogP contribution in [0.3, 0.4) is 0 Å². The number of amidine groups is 1. The van der Waals surface area contributed by atoms with Crippen molar-refractivity contribution in [2.24, 2.45) is 35.1 Å². The van der Waals surface area contributed by atoms with E-state index in [-0.39, 0.29) is 35.5 Å². The largest absolute Gasteiger partial charge is 0.508 e. The molecule has 0 spiro atoms. The molecule has 7 nitrogen and oxygen atoms in total. The summed E-state index contributed by atoms with van der Waals surface area (Å²) >= 11 is 0. The summed E-state index contributed by atoms with van der Waals surface area (Å²) < 4.78 is 0. The highest BCUT2D eigenvalue weighted by atomic mass is 16.3. The molecule has 0 aliphatic rings. The Bertz CT molecular complexity index is 759. The zero-order valence-corrected chi connectivity index (χ0v) is 18.9. The number of aromatic hydroxyl groups is 1. The maximum absolute atomic E-state index is 13.2. The van der Waals surface area contributed by atoms with E-state index < -0.39 is 23.7 Å². The summed E-state index contributed by atoms with van der Waals surface area (Å²) in [5.74, 6) is -1.80. The van der Waals surface area contributed by atoms with Gasteiger partial charge in [-0.3, -0.25) is 19.8 Å². The van der Waals surface area contributed by atoms with E-state index in [0.29, 0.717) is 38.5 Å². The van der Waals surface area contributed by atoms with Gasteiger partial charge < -0.3 is 16.6 Å². The second kappa shape index (κ2) is 12.9. The van der Waals surface area contributed by atoms with Gasteiger partial charge in [-0.2, -0.15) is 0 Å². The van der Waals surface area contributed by atoms with Crippen LogP contribution in [0, 0.1) is 29.1 Å². The lowest BCUT2D eigenvalue weighted by Gasteiger charge is -2.24. The number of benzene rings is 1. The number of primary amides is 1. The molecule has 0 bridgehead atoms. The van der Waals surface area contributed by atoms with Gasteiger partial charge in [-0.1, -0.05) is 39.3 Å². The Morgan fingerprint density at radius 2 is 1.58 bits per heavy atom. The molecule has 0 radical (unpaired) electrons. The number of Topliss-reactive ketones (excluding diaryl/α,β-unsaturated/α-hetero) is 2. The van der Waals surface area contributed by atoms with E-state index >= 15 is 0 Å². The van der Waals surface area contributed by atoms with E-state index in [2.05, 4.69) is 0 Å². The maximum Gasteiger partial charge on any atom is 0.221 e. The Hall–Kier alpha value is -2.70. The average Bonchev–Trinajstić information content (AvgIpc) is 2.67. The second-order valence-electron chi connectivity index (χ2n) is 8.87. The van der Waals surface area contributed by atoms with Crippen LogP contribution < -0.4 is 11.5 Å². The molecule has 1 unspecified atom stereocenters. The lowest BCUT2D eigenvalue weighted by atomic mass is 9.78. The standard InChI is InChI=1S/C24H37N3O4/c1-15(2)12-21(29)16(3)20(6-4-5-7-23(25)26)22(30)14-18(24(27)31)13-17-8-10-19(28)11-9-17/h8-11,15-16,18,20,28H,4-7,12-14H2,1-3H3,(H3,25,26)(H2,27,31)/t16?,18-,20-/m1/s1. The van der Waals surface area contributed by atoms with Crippen LogP contribution in [0.5, 0.6) is 5.75 Å². The van der Waals surface area contributed by atoms with Gasteiger partial charge >= 0.3 is 0 Å². The minimum absolute atomic E-state index is 0.0209. The van der Waals surface area contributed by atoms with E-state index in [4.69, 9.17) is 16.9 Å². The highest BCUT2D eigenvalue weighted by molar-refractivity contribution is 5.92. The number of amides is 1. The van der Waals surface area contributed by atoms with Crippen molar-refractivity contribution in [2.75, 3.05) is 0 Å². The summed E-state index contributed by atoms with van der Waals surface area (Å²) in [7, 11) is 0. The minimum atomic E-state index is -0.677. The average molecular weight is 432 g/mol. The third-order valence-corrected chi connectivity index (χ3v) is 5.61. The van der Waals surface area contributed by atoms with Crippen LogP contribution in [0.4, 0.5) is 0 Å². The predicted molar refractivity (Wildman–Crippen MR) is 122 cm³/mol. The fraction of sp³-hybridized carbons (Fsp3) is 0.583. The fourth-order valence-electron chi connectivity index (χ4n) is 3.77. The molecule has 0 aromatic heterocycles. The Labute approximate surface area is 185 Å². The number of nitrogens with two attached hydrogens (primary N) is 2. The molecule has 1 aromatic carbocycles. The molecule has 0 aliphatic heterocycles. The zero-order valence-electron chi connectivity index (χ0n) is 18.9. The molecular formula is C24H37N3O4. The van der Waals surface area contributed by atoms with Crippen LogP contribution >= 0.6 is 0 Å². The van der Waals surface area contributed by atoms with Crippen molar-refractivity contribution in [1.29, 1.82) is 5.41 Å². The minimum Gasteiger partial charge on any atom is -0.508 e. The molecule has 7 heteroatoms. The third-order valence-electron chi connectivity index (χ3n) is 5.61. The fourth-order valence-corrected chi connectivity index (χ4v) is 3.77. The predicted octanol–water partition coefficient (Wildman–Crippen LogP) is 3.36. The van der Waals surface area contributed by atoms with E-state index in [1.165, 1.54) is 12.1 Å². The van der Waals surface area contributed by atoms with Gasteiger partial charge in [-0.25, -0.2) is 0 Å². The van der Waals surface area contributed by atoms with Gasteiger partial charge in [-0.05, 0) is 42.9 Å². The van der Waals surface area contributed by atoms with Gasteiger partial charge in [0.05, 0.1) is 5.84 Å². The van der Waals surface area contributed by atoms with E-state index in [0.717, 1.165) is 5.56 Å². The number of hydrogen-bond donors (Lipinski definition) is 4. The number of rotatable bonds is 15. The van der Waals surface area contributed by atoms with Crippen molar-refractivity contribution in [3.63, 3.8) is 0 Å². The molecule has 6 N–H and O–H groups in total. The van der Waals surface area contributed by atoms with Crippen LogP contribution in [0.1, 0.15) is 64.9 Å². The number of unbranched alkanes of at least 4 members (excludes halogenated alkanes) is 1. The first-order chi connectivity index (χ1) is 14.5. The molecule has 1 rings (SSSR count). The molecule has 31 heavy (non-hydrogen) atoms. The van der Waals surface area contributed by atoms with Gasteiger partial charge in [0, 0.05) is 37.0 Å². The quantitative estimate of drug-likeness (QED) is 0.191. The summed E-state index contributed by atoms with van der Waals surface area (Å²) in [5, 5.41) is 16.8. The van der Waals surface area contributed by atoms with E-state index in [1.54, 1.807) is 19.1 Å². The van der Waals surface area contributed by atoms with Gasteiger partial charge in [0.25, 0.3) is 0 Å². The summed E-state index contributed by atoms with van der Waals surface area (Å²) in [6, 6.07) is 6.45. The van der Waals surface area contributed by atoms with Crippen molar-refractivity contribution in [3.8, 4) is 5.75 Å².